The van der Waals surface area contributed by atoms with E-state index in [-0.39, 0.29) is 12.1 Å². The number of aliphatic hydroxyl groups excluding tert-OH is 2. The Kier molecular flexibility index (Phi) is 15.4. The lowest BCUT2D eigenvalue weighted by molar-refractivity contribution is -0.130. The lowest BCUT2D eigenvalue weighted by atomic mass is 10.1. The average molecular weight is 722 g/mol. The third kappa shape index (κ3) is 13.0. The van der Waals surface area contributed by atoms with Crippen molar-refractivity contribution >= 4 is 35.0 Å². The van der Waals surface area contributed by atoms with Crippen molar-refractivity contribution in [2.45, 2.75) is 76.7 Å². The fraction of sp³-hybridized carbons (Fsp3) is 0.350. The molecule has 0 aliphatic heterocycles. The second kappa shape index (κ2) is 19.9. The molecule has 0 aromatic heterocycles. The molecule has 0 heterocycles. The van der Waals surface area contributed by atoms with E-state index in [2.05, 4.69) is 10.6 Å². The molecule has 10 heteroatoms. The molecule has 4 aromatic rings. The summed E-state index contributed by atoms with van der Waals surface area (Å²) in [5, 5.41) is 27.4. The van der Waals surface area contributed by atoms with Crippen LogP contribution in [-0.2, 0) is 22.4 Å². The standard InChI is InChI=1S/C40H46Cl2N2O6/c1-27(43-39(47)37(45)31-9-7-11-33(41)25-31)23-29-13-17-35(18-14-29)49-21-5-3-4-6-22-50-36-19-15-30(16-20-36)24-28(2)44-40(48)38(46)32-10-8-12-34(42)26-32/h7-20,25-28,37-38,45-46H,3-6,21-24H2,1-2H3,(H,43,47)(H,44,48)/t27-,28-,37-,38-/m1/s1. The highest BCUT2D eigenvalue weighted by molar-refractivity contribution is 6.31. The summed E-state index contributed by atoms with van der Waals surface area (Å²) in [5.74, 6) is 0.696. The molecule has 8 nitrogen and oxygen atoms in total. The van der Waals surface area contributed by atoms with Gasteiger partial charge in [-0.2, -0.15) is 0 Å². The molecular weight excluding hydrogens is 675 g/mol. The van der Waals surface area contributed by atoms with Crippen LogP contribution in [-0.4, -0.2) is 47.3 Å². The molecule has 0 fully saturated rings. The Bertz CT molecular complexity index is 1530. The van der Waals surface area contributed by atoms with Crippen LogP contribution in [0.1, 0.15) is 74.0 Å². The first kappa shape index (κ1) is 38.7. The van der Waals surface area contributed by atoms with Crippen LogP contribution in [0, 0.1) is 0 Å². The van der Waals surface area contributed by atoms with Gasteiger partial charge in [-0.25, -0.2) is 0 Å². The number of unbranched alkanes of at least 4 members (excludes halogenated alkanes) is 3. The number of hydrogen-bond acceptors (Lipinski definition) is 6. The van der Waals surface area contributed by atoms with Gasteiger partial charge in [-0.15, -0.1) is 0 Å². The van der Waals surface area contributed by atoms with Gasteiger partial charge in [0, 0.05) is 22.1 Å². The normalized spacial score (nSPS) is 13.5. The monoisotopic (exact) mass is 720 g/mol. The van der Waals surface area contributed by atoms with Crippen molar-refractivity contribution < 1.29 is 29.3 Å². The third-order valence-electron chi connectivity index (χ3n) is 8.11. The van der Waals surface area contributed by atoms with E-state index < -0.39 is 24.0 Å². The number of amides is 2. The fourth-order valence-electron chi connectivity index (χ4n) is 5.49. The second-order valence-corrected chi connectivity index (χ2v) is 13.4. The van der Waals surface area contributed by atoms with Gasteiger partial charge in [0.1, 0.15) is 11.5 Å². The molecule has 0 saturated carbocycles. The zero-order chi connectivity index (χ0) is 35.9. The highest BCUT2D eigenvalue weighted by atomic mass is 35.5. The number of halogens is 2. The number of benzene rings is 4. The number of nitrogens with one attached hydrogen (secondary N) is 2. The van der Waals surface area contributed by atoms with Gasteiger partial charge in [-0.05, 0) is 123 Å². The molecule has 0 saturated heterocycles. The van der Waals surface area contributed by atoms with Crippen LogP contribution in [0.15, 0.2) is 97.1 Å². The summed E-state index contributed by atoms with van der Waals surface area (Å²) >= 11 is 11.9. The summed E-state index contributed by atoms with van der Waals surface area (Å²) < 4.78 is 11.8. The maximum absolute atomic E-state index is 12.5. The zero-order valence-corrected chi connectivity index (χ0v) is 30.0. The lowest BCUT2D eigenvalue weighted by Gasteiger charge is -2.18. The molecule has 2 amide bonds. The predicted octanol–water partition coefficient (Wildman–Crippen LogP) is 7.57. The average Bonchev–Trinajstić information content (AvgIpc) is 3.10. The smallest absolute Gasteiger partial charge is 0.253 e. The van der Waals surface area contributed by atoms with Crippen molar-refractivity contribution in [2.75, 3.05) is 13.2 Å². The third-order valence-corrected chi connectivity index (χ3v) is 8.58. The number of ether oxygens (including phenoxy) is 2. The minimum Gasteiger partial charge on any atom is -0.494 e. The van der Waals surface area contributed by atoms with Gasteiger partial charge < -0.3 is 30.3 Å². The fourth-order valence-corrected chi connectivity index (χ4v) is 5.89. The zero-order valence-electron chi connectivity index (χ0n) is 28.5. The number of aliphatic hydroxyl groups is 2. The van der Waals surface area contributed by atoms with Crippen LogP contribution in [0.3, 0.4) is 0 Å². The SMILES string of the molecule is C[C@H](Cc1ccc(OCCCCCCOc2ccc(C[C@@H](C)NC(=O)[C@H](O)c3cccc(Cl)c3)cc2)cc1)NC(=O)[C@H](O)c1cccc(Cl)c1. The molecule has 266 valence electrons. The van der Waals surface area contributed by atoms with Crippen LogP contribution >= 0.6 is 23.2 Å². The number of hydrogen-bond donors (Lipinski definition) is 4. The van der Waals surface area contributed by atoms with Gasteiger partial charge in [0.15, 0.2) is 12.2 Å². The van der Waals surface area contributed by atoms with E-state index in [1.54, 1.807) is 48.5 Å². The van der Waals surface area contributed by atoms with Crippen molar-refractivity contribution in [3.63, 3.8) is 0 Å². The molecule has 0 aliphatic rings. The minimum absolute atomic E-state index is 0.163. The molecule has 4 rings (SSSR count). The summed E-state index contributed by atoms with van der Waals surface area (Å²) in [7, 11) is 0. The molecule has 0 bridgehead atoms. The Labute approximate surface area is 304 Å². The number of carbonyl (C=O) groups is 2. The van der Waals surface area contributed by atoms with Gasteiger partial charge in [0.05, 0.1) is 13.2 Å². The number of rotatable bonds is 19. The van der Waals surface area contributed by atoms with E-state index in [0.717, 1.165) is 48.3 Å². The number of carbonyl (C=O) groups excluding carboxylic acids is 2. The Balaban J connectivity index is 1.04. The second-order valence-electron chi connectivity index (χ2n) is 12.5. The molecule has 0 radical (unpaired) electrons. The van der Waals surface area contributed by atoms with E-state index in [4.69, 9.17) is 32.7 Å². The van der Waals surface area contributed by atoms with Gasteiger partial charge in [0.2, 0.25) is 0 Å². The van der Waals surface area contributed by atoms with Crippen LogP contribution in [0.2, 0.25) is 10.0 Å². The topological polar surface area (TPSA) is 117 Å². The molecule has 4 atom stereocenters. The van der Waals surface area contributed by atoms with E-state index in [1.807, 2.05) is 62.4 Å². The molecule has 4 aromatic carbocycles. The summed E-state index contributed by atoms with van der Waals surface area (Å²) in [6.07, 6.45) is 2.66. The Morgan fingerprint density at radius 2 is 0.980 bits per heavy atom. The Hall–Kier alpha value is -4.08. The van der Waals surface area contributed by atoms with Crippen molar-refractivity contribution in [3.8, 4) is 11.5 Å². The molecular formula is C40H46Cl2N2O6. The van der Waals surface area contributed by atoms with Crippen LogP contribution < -0.4 is 20.1 Å². The summed E-state index contributed by atoms with van der Waals surface area (Å²) in [4.78, 5) is 24.9. The maximum Gasteiger partial charge on any atom is 0.253 e. The van der Waals surface area contributed by atoms with Crippen molar-refractivity contribution in [1.29, 1.82) is 0 Å². The van der Waals surface area contributed by atoms with Crippen LogP contribution in [0.5, 0.6) is 11.5 Å². The largest absolute Gasteiger partial charge is 0.494 e. The predicted molar refractivity (Wildman–Crippen MR) is 198 cm³/mol. The highest BCUT2D eigenvalue weighted by Gasteiger charge is 2.21. The molecule has 0 spiro atoms. The van der Waals surface area contributed by atoms with Crippen molar-refractivity contribution in [2.24, 2.45) is 0 Å². The van der Waals surface area contributed by atoms with E-state index in [1.165, 1.54) is 0 Å². The summed E-state index contributed by atoms with van der Waals surface area (Å²) in [6, 6.07) is 28.7. The first-order valence-electron chi connectivity index (χ1n) is 17.0. The van der Waals surface area contributed by atoms with E-state index in [9.17, 15) is 19.8 Å². The van der Waals surface area contributed by atoms with Gasteiger partial charge in [-0.1, -0.05) is 71.7 Å². The molecule has 4 N–H and O–H groups in total. The lowest BCUT2D eigenvalue weighted by Crippen LogP contribution is -2.37. The minimum atomic E-state index is -1.27. The Morgan fingerprint density at radius 1 is 0.600 bits per heavy atom. The molecule has 50 heavy (non-hydrogen) atoms. The quantitative estimate of drug-likeness (QED) is 0.0743. The highest BCUT2D eigenvalue weighted by Crippen LogP contribution is 2.21. The van der Waals surface area contributed by atoms with Gasteiger partial charge in [-0.3, -0.25) is 9.59 Å². The van der Waals surface area contributed by atoms with Gasteiger partial charge >= 0.3 is 0 Å². The first-order valence-corrected chi connectivity index (χ1v) is 17.7. The first-order chi connectivity index (χ1) is 24.1. The molecule has 0 unspecified atom stereocenters. The van der Waals surface area contributed by atoms with Crippen LogP contribution in [0.4, 0.5) is 0 Å². The summed E-state index contributed by atoms with van der Waals surface area (Å²) in [5.41, 5.74) is 3.03. The van der Waals surface area contributed by atoms with Crippen molar-refractivity contribution in [1.82, 2.24) is 10.6 Å². The van der Waals surface area contributed by atoms with Crippen molar-refractivity contribution in [3.05, 3.63) is 129 Å². The van der Waals surface area contributed by atoms with Gasteiger partial charge in [0.25, 0.3) is 11.8 Å². The molecule has 0 aliphatic carbocycles. The maximum atomic E-state index is 12.5. The van der Waals surface area contributed by atoms with E-state index in [0.29, 0.717) is 47.2 Å². The van der Waals surface area contributed by atoms with E-state index >= 15 is 0 Å². The summed E-state index contributed by atoms with van der Waals surface area (Å²) in [6.45, 7) is 5.07. The van der Waals surface area contributed by atoms with Crippen LogP contribution in [0.25, 0.3) is 0 Å². The Morgan fingerprint density at radius 3 is 1.34 bits per heavy atom.